The highest BCUT2D eigenvalue weighted by atomic mass is 127. The van der Waals surface area contributed by atoms with Crippen LogP contribution in [0.3, 0.4) is 0 Å². The molecular weight excluding hydrogens is 285 g/mol. The van der Waals surface area contributed by atoms with Gasteiger partial charge in [-0.1, -0.05) is 59.3 Å². The third-order valence-corrected chi connectivity index (χ3v) is 2.92. The van der Waals surface area contributed by atoms with Crippen LogP contribution in [0, 0.1) is 0 Å². The first-order valence-electron chi connectivity index (χ1n) is 5.24. The van der Waals surface area contributed by atoms with E-state index in [-0.39, 0.29) is 0 Å². The van der Waals surface area contributed by atoms with Gasteiger partial charge in [0.25, 0.3) is 0 Å². The lowest BCUT2D eigenvalue weighted by Crippen LogP contribution is -2.14. The summed E-state index contributed by atoms with van der Waals surface area (Å²) < 4.78 is 1.29. The molecule has 0 saturated carbocycles. The van der Waals surface area contributed by atoms with Gasteiger partial charge in [-0.2, -0.15) is 0 Å². The topological polar surface area (TPSA) is 12.0 Å². The van der Waals surface area contributed by atoms with E-state index in [0.717, 1.165) is 13.1 Å². The molecule has 78 valence electrons. The van der Waals surface area contributed by atoms with Crippen LogP contribution in [0.2, 0.25) is 0 Å². The van der Waals surface area contributed by atoms with Crippen LogP contribution in [-0.4, -0.2) is 11.0 Å². The van der Waals surface area contributed by atoms with Gasteiger partial charge in [-0.3, -0.25) is 0 Å². The van der Waals surface area contributed by atoms with Crippen LogP contribution in [-0.2, 0) is 6.54 Å². The maximum Gasteiger partial charge on any atom is 0.0205 e. The van der Waals surface area contributed by atoms with Crippen molar-refractivity contribution in [1.29, 1.82) is 0 Å². The standard InChI is InChI=1S/C12H18IN/c13-9-5-2-6-10-14-11-12-7-3-1-4-8-12/h1,3-4,7-8,14H,2,5-6,9-11H2. The van der Waals surface area contributed by atoms with Crippen LogP contribution in [0.5, 0.6) is 0 Å². The largest absolute Gasteiger partial charge is 0.313 e. The maximum absolute atomic E-state index is 3.46. The highest BCUT2D eigenvalue weighted by molar-refractivity contribution is 14.1. The van der Waals surface area contributed by atoms with Crippen molar-refractivity contribution < 1.29 is 0 Å². The second-order valence-electron chi connectivity index (χ2n) is 3.41. The molecule has 0 aliphatic heterocycles. The zero-order valence-corrected chi connectivity index (χ0v) is 10.7. The fourth-order valence-electron chi connectivity index (χ4n) is 1.35. The lowest BCUT2D eigenvalue weighted by Gasteiger charge is -2.03. The van der Waals surface area contributed by atoms with Crippen LogP contribution in [0.15, 0.2) is 30.3 Å². The quantitative estimate of drug-likeness (QED) is 0.462. The van der Waals surface area contributed by atoms with Gasteiger partial charge in [-0.15, -0.1) is 0 Å². The molecule has 0 amide bonds. The van der Waals surface area contributed by atoms with E-state index in [4.69, 9.17) is 0 Å². The minimum Gasteiger partial charge on any atom is -0.313 e. The Balaban J connectivity index is 1.99. The van der Waals surface area contributed by atoms with Gasteiger partial charge in [0, 0.05) is 6.54 Å². The molecule has 0 atom stereocenters. The predicted molar refractivity (Wildman–Crippen MR) is 70.9 cm³/mol. The summed E-state index contributed by atoms with van der Waals surface area (Å²) in [6.45, 7) is 2.15. The van der Waals surface area contributed by atoms with E-state index in [1.165, 1.54) is 29.3 Å². The molecule has 0 fully saturated rings. The number of hydrogen-bond donors (Lipinski definition) is 1. The third kappa shape index (κ3) is 5.60. The number of nitrogens with one attached hydrogen (secondary N) is 1. The minimum absolute atomic E-state index is 1.01. The van der Waals surface area contributed by atoms with Crippen molar-refractivity contribution in [2.75, 3.05) is 11.0 Å². The lowest BCUT2D eigenvalue weighted by atomic mass is 10.2. The van der Waals surface area contributed by atoms with E-state index >= 15 is 0 Å². The van der Waals surface area contributed by atoms with Gasteiger partial charge in [-0.05, 0) is 29.4 Å². The fraction of sp³-hybridized carbons (Fsp3) is 0.500. The third-order valence-electron chi connectivity index (χ3n) is 2.16. The SMILES string of the molecule is ICCCCCNCc1ccccc1. The zero-order valence-electron chi connectivity index (χ0n) is 8.51. The fourth-order valence-corrected chi connectivity index (χ4v) is 1.89. The summed E-state index contributed by atoms with van der Waals surface area (Å²) in [5, 5.41) is 3.46. The molecule has 1 N–H and O–H groups in total. The Bertz CT molecular complexity index is 223. The number of rotatable bonds is 7. The molecule has 1 nitrogen and oxygen atoms in total. The van der Waals surface area contributed by atoms with Gasteiger partial charge in [-0.25, -0.2) is 0 Å². The van der Waals surface area contributed by atoms with Gasteiger partial charge < -0.3 is 5.32 Å². The number of hydrogen-bond acceptors (Lipinski definition) is 1. The highest BCUT2D eigenvalue weighted by Gasteiger charge is 1.90. The molecule has 0 radical (unpaired) electrons. The van der Waals surface area contributed by atoms with Crippen LogP contribution in [0.25, 0.3) is 0 Å². The first kappa shape index (κ1) is 12.0. The normalized spacial score (nSPS) is 10.4. The first-order chi connectivity index (χ1) is 6.93. The summed E-state index contributed by atoms with van der Waals surface area (Å²) in [4.78, 5) is 0. The first-order valence-corrected chi connectivity index (χ1v) is 6.76. The number of halogens is 1. The molecule has 1 aromatic rings. The molecule has 1 rings (SSSR count). The zero-order chi connectivity index (χ0) is 10.1. The van der Waals surface area contributed by atoms with Crippen molar-refractivity contribution in [3.63, 3.8) is 0 Å². The number of alkyl halides is 1. The van der Waals surface area contributed by atoms with Gasteiger partial charge in [0.05, 0.1) is 0 Å². The van der Waals surface area contributed by atoms with Gasteiger partial charge in [0.1, 0.15) is 0 Å². The van der Waals surface area contributed by atoms with Crippen molar-refractivity contribution >= 4 is 22.6 Å². The van der Waals surface area contributed by atoms with Crippen LogP contribution in [0.4, 0.5) is 0 Å². The van der Waals surface area contributed by atoms with E-state index in [2.05, 4.69) is 58.2 Å². The lowest BCUT2D eigenvalue weighted by molar-refractivity contribution is 0.620. The Morgan fingerprint density at radius 3 is 2.50 bits per heavy atom. The van der Waals surface area contributed by atoms with Crippen molar-refractivity contribution in [3.05, 3.63) is 35.9 Å². The Morgan fingerprint density at radius 2 is 1.79 bits per heavy atom. The molecule has 14 heavy (non-hydrogen) atoms. The summed E-state index contributed by atoms with van der Waals surface area (Å²) >= 11 is 2.44. The molecule has 2 heteroatoms. The van der Waals surface area contributed by atoms with E-state index < -0.39 is 0 Å². The second-order valence-corrected chi connectivity index (χ2v) is 4.49. The summed E-state index contributed by atoms with van der Waals surface area (Å²) in [5.41, 5.74) is 1.38. The smallest absolute Gasteiger partial charge is 0.0205 e. The van der Waals surface area contributed by atoms with Gasteiger partial charge in [0.2, 0.25) is 0 Å². The van der Waals surface area contributed by atoms with Crippen molar-refractivity contribution in [1.82, 2.24) is 5.32 Å². The van der Waals surface area contributed by atoms with Crippen LogP contribution < -0.4 is 5.32 Å². The summed E-state index contributed by atoms with van der Waals surface area (Å²) in [6.07, 6.45) is 4.01. The average molecular weight is 303 g/mol. The Kier molecular flexibility index (Phi) is 7.05. The van der Waals surface area contributed by atoms with E-state index in [1.807, 2.05) is 0 Å². The van der Waals surface area contributed by atoms with Gasteiger partial charge >= 0.3 is 0 Å². The minimum atomic E-state index is 1.01. The summed E-state index contributed by atoms with van der Waals surface area (Å²) in [7, 11) is 0. The molecule has 0 aliphatic rings. The molecule has 0 aromatic heterocycles. The Labute approximate surface area is 100 Å². The van der Waals surface area contributed by atoms with E-state index in [1.54, 1.807) is 0 Å². The van der Waals surface area contributed by atoms with E-state index in [9.17, 15) is 0 Å². The predicted octanol–water partition coefficient (Wildman–Crippen LogP) is 3.38. The van der Waals surface area contributed by atoms with Crippen molar-refractivity contribution in [3.8, 4) is 0 Å². The number of unbranched alkanes of at least 4 members (excludes halogenated alkanes) is 2. The van der Waals surface area contributed by atoms with Crippen LogP contribution in [0.1, 0.15) is 24.8 Å². The second kappa shape index (κ2) is 8.24. The molecule has 0 bridgehead atoms. The van der Waals surface area contributed by atoms with Crippen molar-refractivity contribution in [2.45, 2.75) is 25.8 Å². The van der Waals surface area contributed by atoms with Gasteiger partial charge in [0.15, 0.2) is 0 Å². The molecule has 0 aliphatic carbocycles. The average Bonchev–Trinajstić information content (AvgIpc) is 2.25. The Morgan fingerprint density at radius 1 is 1.00 bits per heavy atom. The molecule has 1 aromatic carbocycles. The summed E-state index contributed by atoms with van der Waals surface area (Å²) in [6, 6.07) is 10.6. The highest BCUT2D eigenvalue weighted by Crippen LogP contribution is 1.99. The Hall–Kier alpha value is -0.0900. The molecule has 0 spiro atoms. The maximum atomic E-state index is 3.46. The number of benzene rings is 1. The van der Waals surface area contributed by atoms with E-state index in [0.29, 0.717) is 0 Å². The van der Waals surface area contributed by atoms with Crippen LogP contribution >= 0.6 is 22.6 Å². The molecule has 0 heterocycles. The molecule has 0 unspecified atom stereocenters. The monoisotopic (exact) mass is 303 g/mol. The molecule has 0 saturated heterocycles. The summed E-state index contributed by atoms with van der Waals surface area (Å²) in [5.74, 6) is 0. The van der Waals surface area contributed by atoms with Crippen molar-refractivity contribution in [2.24, 2.45) is 0 Å². The molecular formula is C12H18IN.